The second-order valence-electron chi connectivity index (χ2n) is 4.60. The molecule has 104 valence electrons. The largest absolute Gasteiger partial charge is 0.322 e. The molecule has 3 rings (SSSR count). The molecule has 0 N–H and O–H groups in total. The van der Waals surface area contributed by atoms with E-state index in [1.165, 1.54) is 10.4 Å². The van der Waals surface area contributed by atoms with Crippen LogP contribution < -0.4 is 0 Å². The molecule has 2 nitrogen and oxygen atoms in total. The highest BCUT2D eigenvalue weighted by Crippen LogP contribution is 2.25. The van der Waals surface area contributed by atoms with Crippen molar-refractivity contribution in [2.24, 2.45) is 0 Å². The van der Waals surface area contributed by atoms with Crippen LogP contribution in [0.5, 0.6) is 0 Å². The van der Waals surface area contributed by atoms with Crippen molar-refractivity contribution in [3.63, 3.8) is 0 Å². The Kier molecular flexibility index (Phi) is 4.15. The minimum Gasteiger partial charge on any atom is -0.322 e. The van der Waals surface area contributed by atoms with Crippen LogP contribution in [0.4, 0.5) is 0 Å². The van der Waals surface area contributed by atoms with Gasteiger partial charge in [-0.2, -0.15) is 0 Å². The van der Waals surface area contributed by atoms with Crippen LogP contribution in [0.3, 0.4) is 0 Å². The second-order valence-corrected chi connectivity index (χ2v) is 6.79. The van der Waals surface area contributed by atoms with Gasteiger partial charge in [-0.15, -0.1) is 22.9 Å². The number of aryl methyl sites for hydroxylation is 1. The summed E-state index contributed by atoms with van der Waals surface area (Å²) in [7, 11) is 0. The maximum Gasteiger partial charge on any atom is 0.125 e. The molecule has 0 saturated carbocycles. The first-order valence-electron chi connectivity index (χ1n) is 6.48. The molecule has 1 aromatic carbocycles. The Hall–Kier alpha value is -0.840. The average Bonchev–Trinajstić information content (AvgIpc) is 3.03. The lowest BCUT2D eigenvalue weighted by Crippen LogP contribution is -2.04. The number of fused-ring (bicyclic) bond motifs is 1. The Balaban J connectivity index is 2.10. The molecule has 0 aliphatic heterocycles. The van der Waals surface area contributed by atoms with Crippen molar-refractivity contribution >= 4 is 49.9 Å². The summed E-state index contributed by atoms with van der Waals surface area (Å²) in [5, 5.41) is 2.16. The van der Waals surface area contributed by atoms with Gasteiger partial charge in [0.25, 0.3) is 0 Å². The molecule has 0 aliphatic rings. The van der Waals surface area contributed by atoms with E-state index in [4.69, 9.17) is 11.6 Å². The fourth-order valence-corrected chi connectivity index (χ4v) is 3.91. The summed E-state index contributed by atoms with van der Waals surface area (Å²) in [5.41, 5.74) is 3.54. The van der Waals surface area contributed by atoms with Crippen LogP contribution in [-0.2, 0) is 18.8 Å². The van der Waals surface area contributed by atoms with Gasteiger partial charge in [0.15, 0.2) is 0 Å². The quantitative estimate of drug-likeness (QED) is 0.577. The Morgan fingerprint density at radius 3 is 2.95 bits per heavy atom. The van der Waals surface area contributed by atoms with Crippen LogP contribution in [0.15, 0.2) is 34.1 Å². The summed E-state index contributed by atoms with van der Waals surface area (Å²) in [6, 6.07) is 8.39. The number of hydrogen-bond acceptors (Lipinski definition) is 2. The van der Waals surface area contributed by atoms with Crippen LogP contribution in [0.1, 0.15) is 23.2 Å². The van der Waals surface area contributed by atoms with E-state index in [2.05, 4.69) is 49.9 Å². The number of halogens is 2. The number of thiophene rings is 1. The highest BCUT2D eigenvalue weighted by atomic mass is 79.9. The SMILES string of the molecule is CCc1ccsc1Cn1c(CCl)nc2cc(Br)ccc21. The first-order chi connectivity index (χ1) is 9.72. The number of nitrogens with zero attached hydrogens (tertiary/aromatic N) is 2. The lowest BCUT2D eigenvalue weighted by molar-refractivity contribution is 0.782. The zero-order chi connectivity index (χ0) is 14.1. The van der Waals surface area contributed by atoms with Crippen LogP contribution in [0.2, 0.25) is 0 Å². The molecule has 0 amide bonds. The molecule has 2 aromatic heterocycles. The number of rotatable bonds is 4. The molecular weight excluding hydrogens is 356 g/mol. The summed E-state index contributed by atoms with van der Waals surface area (Å²) in [4.78, 5) is 6.02. The maximum absolute atomic E-state index is 6.07. The highest BCUT2D eigenvalue weighted by molar-refractivity contribution is 9.10. The molecule has 0 radical (unpaired) electrons. The number of hydrogen-bond donors (Lipinski definition) is 0. The third-order valence-corrected chi connectivity index (χ3v) is 5.11. The lowest BCUT2D eigenvalue weighted by Gasteiger charge is -2.08. The second kappa shape index (κ2) is 5.88. The molecule has 2 heterocycles. The van der Waals surface area contributed by atoms with Gasteiger partial charge in [0.2, 0.25) is 0 Å². The van der Waals surface area contributed by atoms with Gasteiger partial charge in [-0.25, -0.2) is 4.98 Å². The molecule has 0 atom stereocenters. The lowest BCUT2D eigenvalue weighted by atomic mass is 10.2. The normalized spacial score (nSPS) is 11.3. The number of aromatic nitrogens is 2. The van der Waals surface area contributed by atoms with Gasteiger partial charge in [0, 0.05) is 9.35 Å². The van der Waals surface area contributed by atoms with E-state index in [0.29, 0.717) is 5.88 Å². The zero-order valence-corrected chi connectivity index (χ0v) is 14.2. The molecule has 20 heavy (non-hydrogen) atoms. The molecule has 0 bridgehead atoms. The van der Waals surface area contributed by atoms with Crippen molar-refractivity contribution in [3.8, 4) is 0 Å². The van der Waals surface area contributed by atoms with Crippen LogP contribution in [0.25, 0.3) is 11.0 Å². The van der Waals surface area contributed by atoms with Crippen LogP contribution in [0, 0.1) is 0 Å². The number of imidazole rings is 1. The van der Waals surface area contributed by atoms with Gasteiger partial charge in [-0.1, -0.05) is 22.9 Å². The monoisotopic (exact) mass is 368 g/mol. The average molecular weight is 370 g/mol. The van der Waals surface area contributed by atoms with Crippen molar-refractivity contribution in [1.29, 1.82) is 0 Å². The van der Waals surface area contributed by atoms with Crippen molar-refractivity contribution in [2.75, 3.05) is 0 Å². The number of benzene rings is 1. The van der Waals surface area contributed by atoms with E-state index in [1.54, 1.807) is 11.3 Å². The van der Waals surface area contributed by atoms with Crippen molar-refractivity contribution in [2.45, 2.75) is 25.8 Å². The van der Waals surface area contributed by atoms with E-state index in [-0.39, 0.29) is 0 Å². The van der Waals surface area contributed by atoms with Gasteiger partial charge in [-0.3, -0.25) is 0 Å². The third kappa shape index (κ3) is 2.52. The van der Waals surface area contributed by atoms with Gasteiger partial charge in [0.1, 0.15) is 5.82 Å². The van der Waals surface area contributed by atoms with Gasteiger partial charge >= 0.3 is 0 Å². The highest BCUT2D eigenvalue weighted by Gasteiger charge is 2.12. The first-order valence-corrected chi connectivity index (χ1v) is 8.69. The minimum atomic E-state index is 0.430. The van der Waals surface area contributed by atoms with Gasteiger partial charge < -0.3 is 4.57 Å². The van der Waals surface area contributed by atoms with Crippen molar-refractivity contribution in [3.05, 3.63) is 50.4 Å². The predicted octanol–water partition coefficient (Wildman–Crippen LogP) is 5.21. The standard InChI is InChI=1S/C15H14BrClN2S/c1-2-10-5-6-20-14(10)9-19-13-4-3-11(16)7-12(13)18-15(19)8-17/h3-7H,2,8-9H2,1H3. The van der Waals surface area contributed by atoms with E-state index in [0.717, 1.165) is 34.3 Å². The summed E-state index contributed by atoms with van der Waals surface area (Å²) >= 11 is 11.4. The third-order valence-electron chi connectivity index (χ3n) is 3.43. The molecular formula is C15H14BrClN2S. The smallest absolute Gasteiger partial charge is 0.125 e. The van der Waals surface area contributed by atoms with Crippen molar-refractivity contribution in [1.82, 2.24) is 9.55 Å². The fraction of sp³-hybridized carbons (Fsp3) is 0.267. The topological polar surface area (TPSA) is 17.8 Å². The van der Waals surface area contributed by atoms with Crippen LogP contribution >= 0.6 is 38.9 Å². The van der Waals surface area contributed by atoms with Crippen molar-refractivity contribution < 1.29 is 0 Å². The molecule has 0 unspecified atom stereocenters. The van der Waals surface area contributed by atoms with E-state index in [1.807, 2.05) is 12.1 Å². The Morgan fingerprint density at radius 1 is 1.35 bits per heavy atom. The fourth-order valence-electron chi connectivity index (χ4n) is 2.40. The summed E-state index contributed by atoms with van der Waals surface area (Å²) in [5.74, 6) is 1.36. The summed E-state index contributed by atoms with van der Waals surface area (Å²) in [6.45, 7) is 3.04. The Labute approximate surface area is 135 Å². The maximum atomic E-state index is 6.07. The van der Waals surface area contributed by atoms with Gasteiger partial charge in [0.05, 0.1) is 23.5 Å². The molecule has 0 aliphatic carbocycles. The molecule has 0 fully saturated rings. The summed E-state index contributed by atoms with van der Waals surface area (Å²) < 4.78 is 3.26. The van der Waals surface area contributed by atoms with Gasteiger partial charge in [-0.05, 0) is 41.6 Å². The Bertz CT molecular complexity index is 747. The molecule has 3 aromatic rings. The summed E-state index contributed by atoms with van der Waals surface area (Å²) in [6.07, 6.45) is 1.06. The van der Waals surface area contributed by atoms with E-state index < -0.39 is 0 Å². The minimum absolute atomic E-state index is 0.430. The van der Waals surface area contributed by atoms with Crippen LogP contribution in [-0.4, -0.2) is 9.55 Å². The molecule has 0 spiro atoms. The predicted molar refractivity (Wildman–Crippen MR) is 89.8 cm³/mol. The number of alkyl halides is 1. The Morgan fingerprint density at radius 2 is 2.20 bits per heavy atom. The first kappa shape index (κ1) is 14.1. The van der Waals surface area contributed by atoms with E-state index >= 15 is 0 Å². The zero-order valence-electron chi connectivity index (χ0n) is 11.1. The molecule has 0 saturated heterocycles. The van der Waals surface area contributed by atoms with E-state index in [9.17, 15) is 0 Å². The molecule has 5 heteroatoms.